The number of fused-ring (bicyclic) bond motifs is 4. The third-order valence-corrected chi connectivity index (χ3v) is 10.4. The normalized spacial score (nSPS) is 22.0. The number of rotatable bonds is 6. The quantitative estimate of drug-likeness (QED) is 0.432. The number of likely N-dealkylation sites (N-methyl/N-ethyl adjacent to an activating group) is 1. The van der Waals surface area contributed by atoms with Crippen LogP contribution in [0.15, 0.2) is 44.2 Å². The van der Waals surface area contributed by atoms with Crippen molar-refractivity contribution in [3.8, 4) is 22.8 Å². The first kappa shape index (κ1) is 27.1. The molecule has 1 amide bonds. The number of amides is 1. The molecule has 10 nitrogen and oxygen atoms in total. The van der Waals surface area contributed by atoms with Crippen LogP contribution in [-0.4, -0.2) is 76.7 Å². The zero-order valence-corrected chi connectivity index (χ0v) is 25.2. The summed E-state index contributed by atoms with van der Waals surface area (Å²) in [6.45, 7) is 4.89. The molecule has 212 valence electrons. The lowest BCUT2D eigenvalue weighted by Crippen LogP contribution is -2.47. The Labute approximate surface area is 241 Å². The van der Waals surface area contributed by atoms with E-state index in [1.54, 1.807) is 4.90 Å². The summed E-state index contributed by atoms with van der Waals surface area (Å²) < 4.78 is 47.9. The van der Waals surface area contributed by atoms with Crippen LogP contribution in [0.5, 0.6) is 11.5 Å². The molecule has 1 N–H and O–H groups in total. The summed E-state index contributed by atoms with van der Waals surface area (Å²) in [7, 11) is 0.481. The second-order valence-corrected chi connectivity index (χ2v) is 13.4. The monoisotopic (exact) mass is 630 g/mol. The topological polar surface area (TPSA) is 114 Å². The fraction of sp³-hybridized carbons (Fsp3) is 0.429. The summed E-state index contributed by atoms with van der Waals surface area (Å²) in [6, 6.07) is 9.02. The van der Waals surface area contributed by atoms with Gasteiger partial charge in [0.05, 0.1) is 14.2 Å². The average Bonchev–Trinajstić information content (AvgIpc) is 3.41. The molecule has 3 aliphatic rings. The van der Waals surface area contributed by atoms with Gasteiger partial charge in [-0.25, -0.2) is 8.42 Å². The van der Waals surface area contributed by atoms with Crippen molar-refractivity contribution in [1.82, 2.24) is 15.0 Å². The van der Waals surface area contributed by atoms with E-state index in [9.17, 15) is 13.2 Å². The SMILES string of the molecule is COc1cc(C(=O)N2CCN(C)CC2)cc(OC)c1S(=O)(=O)Nc1noc2c1C[C@@]1(C[C@@H]1C)c1ccc(Br)cc1-2. The summed E-state index contributed by atoms with van der Waals surface area (Å²) >= 11 is 3.55. The van der Waals surface area contributed by atoms with Crippen LogP contribution >= 0.6 is 15.9 Å². The highest BCUT2D eigenvalue weighted by Gasteiger charge is 2.56. The molecule has 1 saturated heterocycles. The second-order valence-electron chi connectivity index (χ2n) is 10.9. The summed E-state index contributed by atoms with van der Waals surface area (Å²) in [6.07, 6.45) is 1.62. The van der Waals surface area contributed by atoms with Crippen LogP contribution in [0, 0.1) is 5.92 Å². The number of methoxy groups -OCH3 is 2. The number of nitrogens with zero attached hydrogens (tertiary/aromatic N) is 3. The minimum Gasteiger partial charge on any atom is -0.495 e. The number of hydrogen-bond donors (Lipinski definition) is 1. The molecular weight excluding hydrogens is 600 g/mol. The second kappa shape index (κ2) is 9.78. The zero-order chi connectivity index (χ0) is 28.4. The van der Waals surface area contributed by atoms with Gasteiger partial charge < -0.3 is 23.8 Å². The van der Waals surface area contributed by atoms with Crippen molar-refractivity contribution in [2.45, 2.75) is 30.1 Å². The summed E-state index contributed by atoms with van der Waals surface area (Å²) in [5.74, 6) is 0.949. The van der Waals surface area contributed by atoms with E-state index in [0.717, 1.165) is 35.1 Å². The van der Waals surface area contributed by atoms with Crippen molar-refractivity contribution < 1.29 is 27.2 Å². The fourth-order valence-corrected chi connectivity index (χ4v) is 7.75. The van der Waals surface area contributed by atoms with Gasteiger partial charge in [0.15, 0.2) is 16.5 Å². The average molecular weight is 632 g/mol. The van der Waals surface area contributed by atoms with Crippen molar-refractivity contribution >= 4 is 37.7 Å². The molecule has 3 aromatic rings. The molecule has 1 spiro atoms. The van der Waals surface area contributed by atoms with Crippen LogP contribution in [0.3, 0.4) is 0 Å². The molecule has 2 aromatic carbocycles. The Morgan fingerprint density at radius 2 is 1.77 bits per heavy atom. The fourth-order valence-electron chi connectivity index (χ4n) is 6.06. The molecule has 6 rings (SSSR count). The Kier molecular flexibility index (Phi) is 6.62. The Morgan fingerprint density at radius 3 is 2.38 bits per heavy atom. The predicted molar refractivity (Wildman–Crippen MR) is 153 cm³/mol. The summed E-state index contributed by atoms with van der Waals surface area (Å²) in [4.78, 5) is 16.9. The highest BCUT2D eigenvalue weighted by atomic mass is 79.9. The van der Waals surface area contributed by atoms with E-state index in [2.05, 4.69) is 43.7 Å². The molecule has 2 atom stereocenters. The van der Waals surface area contributed by atoms with Gasteiger partial charge in [0, 0.05) is 52.8 Å². The molecule has 2 heterocycles. The zero-order valence-electron chi connectivity index (χ0n) is 22.8. The Hall–Kier alpha value is -3.09. The van der Waals surface area contributed by atoms with Crippen LogP contribution in [0.2, 0.25) is 0 Å². The third-order valence-electron chi connectivity index (χ3n) is 8.49. The van der Waals surface area contributed by atoms with Crippen LogP contribution in [0.4, 0.5) is 5.82 Å². The first-order valence-electron chi connectivity index (χ1n) is 13.1. The molecule has 1 saturated carbocycles. The number of ether oxygens (including phenoxy) is 2. The third kappa shape index (κ3) is 4.36. The molecule has 40 heavy (non-hydrogen) atoms. The maximum Gasteiger partial charge on any atom is 0.270 e. The van der Waals surface area contributed by atoms with Crippen molar-refractivity contribution in [2.75, 3.05) is 52.2 Å². The number of anilines is 1. The van der Waals surface area contributed by atoms with Crippen LogP contribution in [0.1, 0.15) is 34.8 Å². The number of sulfonamides is 1. The van der Waals surface area contributed by atoms with Crippen molar-refractivity contribution in [2.24, 2.45) is 5.92 Å². The van der Waals surface area contributed by atoms with Gasteiger partial charge in [-0.2, -0.15) is 0 Å². The first-order valence-corrected chi connectivity index (χ1v) is 15.4. The Bertz CT molecular complexity index is 1590. The Balaban J connectivity index is 1.36. The highest BCUT2D eigenvalue weighted by molar-refractivity contribution is 9.10. The van der Waals surface area contributed by atoms with Gasteiger partial charge in [-0.1, -0.05) is 34.1 Å². The molecule has 2 aliphatic carbocycles. The number of carbonyl (C=O) groups excluding carboxylic acids is 1. The predicted octanol–water partition coefficient (Wildman–Crippen LogP) is 4.14. The van der Waals surface area contributed by atoms with Gasteiger partial charge in [0.1, 0.15) is 11.5 Å². The van der Waals surface area contributed by atoms with Gasteiger partial charge in [0.2, 0.25) is 0 Å². The number of carbonyl (C=O) groups is 1. The number of nitrogens with one attached hydrogen (secondary N) is 1. The number of piperazine rings is 1. The molecule has 1 aliphatic heterocycles. The van der Waals surface area contributed by atoms with Gasteiger partial charge in [-0.3, -0.25) is 9.52 Å². The highest BCUT2D eigenvalue weighted by Crippen LogP contribution is 2.62. The van der Waals surface area contributed by atoms with E-state index in [1.165, 1.54) is 31.9 Å². The molecule has 0 unspecified atom stereocenters. The van der Waals surface area contributed by atoms with Crippen molar-refractivity contribution in [3.05, 3.63) is 51.5 Å². The van der Waals surface area contributed by atoms with E-state index < -0.39 is 10.0 Å². The summed E-state index contributed by atoms with van der Waals surface area (Å²) in [5.41, 5.74) is 3.06. The van der Waals surface area contributed by atoms with Crippen LogP contribution < -0.4 is 14.2 Å². The largest absolute Gasteiger partial charge is 0.495 e. The van der Waals surface area contributed by atoms with E-state index in [4.69, 9.17) is 14.0 Å². The van der Waals surface area contributed by atoms with Crippen LogP contribution in [0.25, 0.3) is 11.3 Å². The van der Waals surface area contributed by atoms with Crippen LogP contribution in [-0.2, 0) is 21.9 Å². The number of halogens is 1. The first-order chi connectivity index (χ1) is 19.1. The lowest BCUT2D eigenvalue weighted by atomic mass is 9.78. The molecular formula is C28H31BrN4O6S. The number of hydrogen-bond acceptors (Lipinski definition) is 8. The van der Waals surface area contributed by atoms with E-state index in [-0.39, 0.29) is 33.5 Å². The molecule has 0 bridgehead atoms. The minimum absolute atomic E-state index is 0.00301. The Morgan fingerprint density at radius 1 is 1.12 bits per heavy atom. The molecule has 1 aromatic heterocycles. The number of aromatic nitrogens is 1. The molecule has 2 fully saturated rings. The lowest BCUT2D eigenvalue weighted by molar-refractivity contribution is 0.0663. The van der Waals surface area contributed by atoms with Crippen molar-refractivity contribution in [3.63, 3.8) is 0 Å². The van der Waals surface area contributed by atoms with Gasteiger partial charge >= 0.3 is 0 Å². The van der Waals surface area contributed by atoms with E-state index in [1.807, 2.05) is 19.2 Å². The van der Waals surface area contributed by atoms with E-state index >= 15 is 0 Å². The van der Waals surface area contributed by atoms with Crippen molar-refractivity contribution in [1.29, 1.82) is 0 Å². The maximum absolute atomic E-state index is 13.8. The summed E-state index contributed by atoms with van der Waals surface area (Å²) in [5, 5.41) is 4.15. The smallest absolute Gasteiger partial charge is 0.270 e. The van der Waals surface area contributed by atoms with Gasteiger partial charge in [-0.15, -0.1) is 0 Å². The lowest BCUT2D eigenvalue weighted by Gasteiger charge is -2.32. The molecule has 0 radical (unpaired) electrons. The maximum atomic E-state index is 13.8. The minimum atomic E-state index is -4.26. The van der Waals surface area contributed by atoms with E-state index in [0.29, 0.717) is 36.8 Å². The van der Waals surface area contributed by atoms with Gasteiger partial charge in [0.25, 0.3) is 15.9 Å². The number of benzene rings is 2. The van der Waals surface area contributed by atoms with Gasteiger partial charge in [-0.05, 0) is 55.6 Å². The molecule has 12 heteroatoms. The standard InChI is InChI=1S/C28H31BrN4O6S/c1-16-14-28(16)15-20-24(19-13-18(29)5-6-21(19)28)39-30-26(20)31-40(35,36)25-22(37-3)11-17(12-23(25)38-4)27(34)33-9-7-32(2)8-10-33/h5-6,11-13,16H,7-10,14-15H2,1-4H3,(H,30,31)/t16-,28+/m0/s1.